The predicted octanol–water partition coefficient (Wildman–Crippen LogP) is 1.61. The van der Waals surface area contributed by atoms with Gasteiger partial charge in [-0.15, -0.1) is 9.24 Å². The molecule has 1 heterocycles. The van der Waals surface area contributed by atoms with Crippen molar-refractivity contribution in [3.8, 4) is 0 Å². The molecule has 0 bridgehead atoms. The third-order valence-electron chi connectivity index (χ3n) is 2.37. The third-order valence-corrected chi connectivity index (χ3v) is 2.73. The summed E-state index contributed by atoms with van der Waals surface area (Å²) in [5.41, 5.74) is 1.43. The maximum atomic E-state index is 3.49. The Hall–Kier alpha value is -0.390. The van der Waals surface area contributed by atoms with E-state index in [1.807, 2.05) is 0 Å². The highest BCUT2D eigenvalue weighted by Crippen LogP contribution is 2.21. The summed E-state index contributed by atoms with van der Waals surface area (Å²) in [6.45, 7) is 1.17. The molecule has 1 aliphatic heterocycles. The molecule has 0 amide bonds. The van der Waals surface area contributed by atoms with Gasteiger partial charge in [0.15, 0.2) is 0 Å². The lowest BCUT2D eigenvalue weighted by Gasteiger charge is -2.10. The number of hydrogen-bond donors (Lipinski definition) is 1. The van der Waals surface area contributed by atoms with Crippen LogP contribution in [0.25, 0.3) is 0 Å². The van der Waals surface area contributed by atoms with Crippen LogP contribution in [-0.2, 0) is 0 Å². The largest absolute Gasteiger partial charge is 0.310 e. The van der Waals surface area contributed by atoms with E-state index >= 15 is 0 Å². The van der Waals surface area contributed by atoms with E-state index in [1.165, 1.54) is 30.3 Å². The Morgan fingerprint density at radius 1 is 1.42 bits per heavy atom. The highest BCUT2D eigenvalue weighted by Gasteiger charge is 2.15. The van der Waals surface area contributed by atoms with E-state index in [0.717, 1.165) is 0 Å². The van der Waals surface area contributed by atoms with Gasteiger partial charge in [-0.05, 0) is 30.3 Å². The van der Waals surface area contributed by atoms with Crippen molar-refractivity contribution >= 4 is 14.5 Å². The molecule has 1 saturated heterocycles. The number of hydrogen-bond acceptors (Lipinski definition) is 1. The van der Waals surface area contributed by atoms with Crippen LogP contribution in [0.4, 0.5) is 0 Å². The van der Waals surface area contributed by atoms with Gasteiger partial charge in [0.2, 0.25) is 0 Å². The first-order valence-electron chi connectivity index (χ1n) is 4.45. The van der Waals surface area contributed by atoms with Crippen molar-refractivity contribution in [3.63, 3.8) is 0 Å². The molecule has 1 aromatic carbocycles. The van der Waals surface area contributed by atoms with Gasteiger partial charge in [-0.1, -0.05) is 24.3 Å². The van der Waals surface area contributed by atoms with Crippen LogP contribution in [0.2, 0.25) is 0 Å². The van der Waals surface area contributed by atoms with Crippen LogP contribution in [0.15, 0.2) is 24.3 Å². The minimum Gasteiger partial charge on any atom is -0.310 e. The van der Waals surface area contributed by atoms with Crippen molar-refractivity contribution in [3.05, 3.63) is 29.8 Å². The van der Waals surface area contributed by atoms with Crippen LogP contribution in [-0.4, -0.2) is 6.54 Å². The molecule has 0 aliphatic carbocycles. The van der Waals surface area contributed by atoms with Crippen molar-refractivity contribution in [2.24, 2.45) is 0 Å². The van der Waals surface area contributed by atoms with E-state index in [1.54, 1.807) is 0 Å². The molecule has 2 heteroatoms. The van der Waals surface area contributed by atoms with E-state index in [4.69, 9.17) is 0 Å². The zero-order valence-electron chi connectivity index (χ0n) is 7.09. The summed E-state index contributed by atoms with van der Waals surface area (Å²) in [5, 5.41) is 4.77. The Morgan fingerprint density at radius 2 is 2.33 bits per heavy atom. The molecule has 2 unspecified atom stereocenters. The van der Waals surface area contributed by atoms with Crippen LogP contribution >= 0.6 is 9.24 Å². The summed E-state index contributed by atoms with van der Waals surface area (Å²) >= 11 is 0. The SMILES string of the molecule is Pc1cccc(C2CCCN2)c1. The predicted molar refractivity (Wildman–Crippen MR) is 55.8 cm³/mol. The van der Waals surface area contributed by atoms with E-state index in [-0.39, 0.29) is 0 Å². The van der Waals surface area contributed by atoms with Gasteiger partial charge < -0.3 is 5.32 Å². The first-order valence-corrected chi connectivity index (χ1v) is 5.03. The molecule has 1 aromatic rings. The molecule has 0 spiro atoms. The molecule has 2 rings (SSSR count). The molecular weight excluding hydrogens is 165 g/mol. The fraction of sp³-hybridized carbons (Fsp3) is 0.400. The van der Waals surface area contributed by atoms with Crippen molar-refractivity contribution < 1.29 is 0 Å². The highest BCUT2D eigenvalue weighted by atomic mass is 31.0. The van der Waals surface area contributed by atoms with Crippen LogP contribution in [0.1, 0.15) is 24.4 Å². The van der Waals surface area contributed by atoms with Crippen molar-refractivity contribution in [2.45, 2.75) is 18.9 Å². The molecular formula is C10H14NP. The Kier molecular flexibility index (Phi) is 2.43. The monoisotopic (exact) mass is 179 g/mol. The average molecular weight is 179 g/mol. The van der Waals surface area contributed by atoms with E-state index in [2.05, 4.69) is 38.8 Å². The molecule has 0 radical (unpaired) electrons. The van der Waals surface area contributed by atoms with E-state index < -0.39 is 0 Å². The van der Waals surface area contributed by atoms with Crippen molar-refractivity contribution in [1.82, 2.24) is 5.32 Å². The first-order chi connectivity index (χ1) is 5.86. The maximum absolute atomic E-state index is 3.49. The lowest BCUT2D eigenvalue weighted by Crippen LogP contribution is -2.13. The normalized spacial score (nSPS) is 22.9. The van der Waals surface area contributed by atoms with E-state index in [0.29, 0.717) is 6.04 Å². The minimum absolute atomic E-state index is 0.602. The fourth-order valence-electron chi connectivity index (χ4n) is 1.74. The Morgan fingerprint density at radius 3 is 3.00 bits per heavy atom. The topological polar surface area (TPSA) is 12.0 Å². The standard InChI is InChI=1S/C10H14NP/c12-9-4-1-3-8(7-9)10-5-2-6-11-10/h1,3-4,7,10-11H,2,5-6,12H2. The van der Waals surface area contributed by atoms with Gasteiger partial charge in [0.25, 0.3) is 0 Å². The van der Waals surface area contributed by atoms with Crippen molar-refractivity contribution in [1.29, 1.82) is 0 Å². The zero-order valence-corrected chi connectivity index (χ0v) is 8.24. The molecule has 64 valence electrons. The van der Waals surface area contributed by atoms with Crippen molar-refractivity contribution in [2.75, 3.05) is 6.54 Å². The highest BCUT2D eigenvalue weighted by molar-refractivity contribution is 7.27. The van der Waals surface area contributed by atoms with Gasteiger partial charge in [-0.2, -0.15) is 0 Å². The molecule has 2 atom stereocenters. The molecule has 1 nitrogen and oxygen atoms in total. The van der Waals surface area contributed by atoms with Gasteiger partial charge in [-0.3, -0.25) is 0 Å². The summed E-state index contributed by atoms with van der Waals surface area (Å²) in [4.78, 5) is 0. The summed E-state index contributed by atoms with van der Waals surface area (Å²) in [6, 6.07) is 9.29. The average Bonchev–Trinajstić information content (AvgIpc) is 2.56. The molecule has 0 aromatic heterocycles. The van der Waals surface area contributed by atoms with Crippen LogP contribution in [0, 0.1) is 0 Å². The molecule has 1 N–H and O–H groups in total. The third kappa shape index (κ3) is 1.68. The number of nitrogens with one attached hydrogen (secondary N) is 1. The summed E-state index contributed by atoms with van der Waals surface area (Å²) in [7, 11) is 2.74. The summed E-state index contributed by atoms with van der Waals surface area (Å²) < 4.78 is 0. The summed E-state index contributed by atoms with van der Waals surface area (Å²) in [5.74, 6) is 0. The lowest BCUT2D eigenvalue weighted by atomic mass is 10.1. The Labute approximate surface area is 75.8 Å². The zero-order chi connectivity index (χ0) is 8.39. The second-order valence-corrected chi connectivity index (χ2v) is 3.99. The van der Waals surface area contributed by atoms with Gasteiger partial charge in [0.05, 0.1) is 0 Å². The molecule has 1 aliphatic rings. The van der Waals surface area contributed by atoms with Gasteiger partial charge in [0, 0.05) is 6.04 Å². The second-order valence-electron chi connectivity index (χ2n) is 3.32. The van der Waals surface area contributed by atoms with Gasteiger partial charge >= 0.3 is 0 Å². The minimum atomic E-state index is 0.602. The first kappa shape index (κ1) is 8.22. The molecule has 0 saturated carbocycles. The Balaban J connectivity index is 2.21. The molecule has 1 fully saturated rings. The van der Waals surface area contributed by atoms with Gasteiger partial charge in [0.1, 0.15) is 0 Å². The van der Waals surface area contributed by atoms with Crippen LogP contribution in [0.5, 0.6) is 0 Å². The number of benzene rings is 1. The molecule has 12 heavy (non-hydrogen) atoms. The lowest BCUT2D eigenvalue weighted by molar-refractivity contribution is 0.648. The maximum Gasteiger partial charge on any atom is 0.0320 e. The second kappa shape index (κ2) is 3.55. The Bertz CT molecular complexity index is 266. The van der Waals surface area contributed by atoms with Crippen LogP contribution in [0.3, 0.4) is 0 Å². The number of rotatable bonds is 1. The van der Waals surface area contributed by atoms with Gasteiger partial charge in [-0.25, -0.2) is 0 Å². The van der Waals surface area contributed by atoms with Crippen LogP contribution < -0.4 is 10.6 Å². The van der Waals surface area contributed by atoms with E-state index in [9.17, 15) is 0 Å². The fourth-order valence-corrected chi connectivity index (χ4v) is 2.05. The smallest absolute Gasteiger partial charge is 0.0320 e. The quantitative estimate of drug-likeness (QED) is 0.646. The summed E-state index contributed by atoms with van der Waals surface area (Å²) in [6.07, 6.45) is 2.60.